The van der Waals surface area contributed by atoms with Crippen LogP contribution in [0.15, 0.2) is 12.1 Å². The second-order valence-corrected chi connectivity index (χ2v) is 20.4. The van der Waals surface area contributed by atoms with Crippen molar-refractivity contribution in [2.75, 3.05) is 73.4 Å². The van der Waals surface area contributed by atoms with Crippen LogP contribution in [0.3, 0.4) is 0 Å². The first-order chi connectivity index (χ1) is 30.8. The number of benzene rings is 1. The number of hydrogen-bond donors (Lipinski definition) is 14. The third-order valence-corrected chi connectivity index (χ3v) is 14.9. The zero-order valence-electron chi connectivity index (χ0n) is 40.1. The van der Waals surface area contributed by atoms with E-state index in [4.69, 9.17) is 35.2 Å². The number of nitrogens with zero attached hydrogens (tertiary/aromatic N) is 2. The van der Waals surface area contributed by atoms with Crippen LogP contribution in [0.25, 0.3) is 0 Å². The molecular weight excluding hydrogens is 887 g/mol. The average molecular weight is 964 g/mol. The molecule has 0 bridgehead atoms. The topological polar surface area (TPSA) is 373 Å². The summed E-state index contributed by atoms with van der Waals surface area (Å²) in [7, 11) is 3.11. The number of nitrogens with two attached hydrogens (primary N) is 2. The van der Waals surface area contributed by atoms with E-state index in [0.717, 1.165) is 0 Å². The maximum absolute atomic E-state index is 13.1. The van der Waals surface area contributed by atoms with Gasteiger partial charge in [0.05, 0.1) is 101 Å². The molecule has 1 aromatic carbocycles. The van der Waals surface area contributed by atoms with E-state index in [1.165, 1.54) is 30.6 Å². The van der Waals surface area contributed by atoms with Gasteiger partial charge in [-0.15, -0.1) is 0 Å². The first-order valence-corrected chi connectivity index (χ1v) is 22.2. The number of carboxylic acids is 2. The highest BCUT2D eigenvalue weighted by Crippen LogP contribution is 2.50. The standard InChI is InChI=1S/C44H77N5O18/c1-38(28(18-51)65-35(59)33(45)43(38,6)61)20-64-23-41(4)37(47-12-24-10-25(13-48(8)15-30(53)54)32(57)26(11-24)14-49(9)16-31(55)56)44(7,62)39(2,29(19-52)67-41)21-63-22-40(3)36(46)42(5,60)34(58)27(17-50)66-40/h10-11,27-29,33-37,47,50-52,57-62H,12-23,45-46H2,1-9H3,(H,53,54)(H,55,56)/t27?,28?,29?,33?,34?,35?,36?,37?,38?,39?,40?,41?,42-,43+,44+/m1/s1. The molecule has 0 aliphatic carbocycles. The lowest BCUT2D eigenvalue weighted by molar-refractivity contribution is -0.320. The maximum Gasteiger partial charge on any atom is 0.317 e. The van der Waals surface area contributed by atoms with Crippen LogP contribution in [0.5, 0.6) is 5.75 Å². The van der Waals surface area contributed by atoms with E-state index in [1.807, 2.05) is 0 Å². The number of nitrogens with one attached hydrogen (secondary N) is 1. The van der Waals surface area contributed by atoms with E-state index in [9.17, 15) is 65.8 Å². The number of aliphatic carboxylic acids is 2. The Morgan fingerprint density at radius 1 is 0.731 bits per heavy atom. The van der Waals surface area contributed by atoms with Gasteiger partial charge in [-0.1, -0.05) is 13.8 Å². The fourth-order valence-corrected chi connectivity index (χ4v) is 10.1. The summed E-state index contributed by atoms with van der Waals surface area (Å²) < 4.78 is 30.9. The minimum atomic E-state index is -1.92. The van der Waals surface area contributed by atoms with E-state index in [2.05, 4.69) is 5.32 Å². The van der Waals surface area contributed by atoms with Crippen molar-refractivity contribution in [1.82, 2.24) is 15.1 Å². The van der Waals surface area contributed by atoms with Gasteiger partial charge in [-0.05, 0) is 66.4 Å². The molecule has 3 saturated heterocycles. The molecule has 1 aromatic rings. The lowest BCUT2D eigenvalue weighted by atomic mass is 9.61. The number of carboxylic acid groups (broad SMARTS) is 2. The number of carbonyl (C=O) groups is 2. The van der Waals surface area contributed by atoms with Crippen molar-refractivity contribution in [3.8, 4) is 5.75 Å². The number of hydrogen-bond acceptors (Lipinski definition) is 21. The van der Waals surface area contributed by atoms with Gasteiger partial charge < -0.3 is 96.6 Å². The normalized spacial score (nSPS) is 40.4. The quantitative estimate of drug-likeness (QED) is 0.0530. The number of aliphatic hydroxyl groups excluding tert-OH is 5. The van der Waals surface area contributed by atoms with Crippen molar-refractivity contribution in [1.29, 1.82) is 0 Å². The zero-order valence-corrected chi connectivity index (χ0v) is 40.1. The number of aromatic hydroxyl groups is 1. The Morgan fingerprint density at radius 3 is 1.67 bits per heavy atom. The molecule has 3 heterocycles. The maximum atomic E-state index is 13.1. The van der Waals surface area contributed by atoms with Gasteiger partial charge in [-0.2, -0.15) is 0 Å². The summed E-state index contributed by atoms with van der Waals surface area (Å²) in [6.45, 7) is 6.69. The molecule has 0 saturated carbocycles. The molecule has 3 aliphatic heterocycles. The molecule has 0 aromatic heterocycles. The Labute approximate surface area is 391 Å². The molecule has 0 amide bonds. The number of ether oxygens (including phenoxy) is 5. The molecule has 16 N–H and O–H groups in total. The lowest BCUT2D eigenvalue weighted by Gasteiger charge is -2.61. The predicted molar refractivity (Wildman–Crippen MR) is 237 cm³/mol. The van der Waals surface area contributed by atoms with E-state index in [0.29, 0.717) is 16.7 Å². The number of aliphatic hydroxyl groups is 8. The van der Waals surface area contributed by atoms with E-state index in [1.54, 1.807) is 53.9 Å². The number of phenolic OH excluding ortho intramolecular Hbond substituents is 1. The SMILES string of the molecule is CN(CC(=O)O)Cc1cc(CNC2C(C)(COCC3(C)C(CO)OC(O)C(N)[C@]3(C)O)OC(CO)C(C)(COCC3(C)OC(CO)C(O)[C@@](C)(O)C3N)[C@@]2(C)O)cc(CN(C)CC(=O)O)c1O. The molecule has 12 unspecified atom stereocenters. The second-order valence-electron chi connectivity index (χ2n) is 20.4. The third-order valence-electron chi connectivity index (χ3n) is 14.9. The number of likely N-dealkylation sites (N-methyl/N-ethyl adjacent to an activating group) is 2. The van der Waals surface area contributed by atoms with Crippen molar-refractivity contribution < 1.29 is 89.4 Å². The van der Waals surface area contributed by atoms with Gasteiger partial charge in [-0.25, -0.2) is 0 Å². The van der Waals surface area contributed by atoms with Gasteiger partial charge in [0, 0.05) is 41.6 Å². The summed E-state index contributed by atoms with van der Waals surface area (Å²) in [6.07, 6.45) is -6.64. The summed E-state index contributed by atoms with van der Waals surface area (Å²) in [4.78, 5) is 26.0. The lowest BCUT2D eigenvalue weighted by Crippen LogP contribution is -2.78. The fourth-order valence-electron chi connectivity index (χ4n) is 10.1. The molecule has 0 spiro atoms. The fraction of sp³-hybridized carbons (Fsp3) is 0.818. The van der Waals surface area contributed by atoms with E-state index >= 15 is 0 Å². The van der Waals surface area contributed by atoms with Crippen molar-refractivity contribution in [3.05, 3.63) is 28.8 Å². The monoisotopic (exact) mass is 964 g/mol. The van der Waals surface area contributed by atoms with Crippen molar-refractivity contribution in [2.45, 2.75) is 145 Å². The van der Waals surface area contributed by atoms with Gasteiger partial charge in [0.1, 0.15) is 34.8 Å². The summed E-state index contributed by atoms with van der Waals surface area (Å²) in [5.41, 5.74) is 2.21. The average Bonchev–Trinajstić information content (AvgIpc) is 3.22. The minimum absolute atomic E-state index is 0.00741. The van der Waals surface area contributed by atoms with Crippen LogP contribution < -0.4 is 16.8 Å². The summed E-state index contributed by atoms with van der Waals surface area (Å²) >= 11 is 0. The largest absolute Gasteiger partial charge is 0.507 e. The highest BCUT2D eigenvalue weighted by Gasteiger charge is 2.65. The van der Waals surface area contributed by atoms with Crippen molar-refractivity contribution in [3.63, 3.8) is 0 Å². The highest BCUT2D eigenvalue weighted by atomic mass is 16.6. The van der Waals surface area contributed by atoms with Crippen LogP contribution in [0.2, 0.25) is 0 Å². The first-order valence-electron chi connectivity index (χ1n) is 22.2. The molecular formula is C44H77N5O18. The summed E-state index contributed by atoms with van der Waals surface area (Å²) in [5.74, 6) is -2.36. The first kappa shape index (κ1) is 56.8. The molecule has 4 rings (SSSR count). The van der Waals surface area contributed by atoms with Gasteiger partial charge >= 0.3 is 11.9 Å². The summed E-state index contributed by atoms with van der Waals surface area (Å²) in [6, 6.07) is -0.371. The van der Waals surface area contributed by atoms with Crippen LogP contribution in [-0.2, 0) is 52.9 Å². The Balaban J connectivity index is 1.76. The van der Waals surface area contributed by atoms with Crippen LogP contribution in [0, 0.1) is 10.8 Å². The predicted octanol–water partition coefficient (Wildman–Crippen LogP) is -3.79. The molecule has 23 nitrogen and oxygen atoms in total. The van der Waals surface area contributed by atoms with E-state index < -0.39 is 119 Å². The van der Waals surface area contributed by atoms with Crippen LogP contribution in [0.4, 0.5) is 0 Å². The Kier molecular flexibility index (Phi) is 18.1. The van der Waals surface area contributed by atoms with Crippen LogP contribution in [-0.4, -0.2) is 228 Å². The third kappa shape index (κ3) is 11.4. The van der Waals surface area contributed by atoms with Gasteiger partial charge in [-0.3, -0.25) is 19.4 Å². The van der Waals surface area contributed by atoms with Gasteiger partial charge in [0.2, 0.25) is 0 Å². The molecule has 3 aliphatic rings. The molecule has 0 radical (unpaired) electrons. The zero-order chi connectivity index (χ0) is 50.9. The Bertz CT molecular complexity index is 1820. The molecule has 3 fully saturated rings. The molecule has 67 heavy (non-hydrogen) atoms. The van der Waals surface area contributed by atoms with Crippen molar-refractivity contribution >= 4 is 11.9 Å². The Hall–Kier alpha value is -2.76. The molecule has 23 heteroatoms. The van der Waals surface area contributed by atoms with Gasteiger partial charge in [0.15, 0.2) is 6.29 Å². The van der Waals surface area contributed by atoms with Crippen LogP contribution >= 0.6 is 0 Å². The number of rotatable bonds is 22. The summed E-state index contributed by atoms with van der Waals surface area (Å²) in [5, 5.41) is 122. The van der Waals surface area contributed by atoms with E-state index in [-0.39, 0.29) is 64.9 Å². The van der Waals surface area contributed by atoms with Gasteiger partial charge in [0.25, 0.3) is 0 Å². The van der Waals surface area contributed by atoms with Crippen molar-refractivity contribution in [2.24, 2.45) is 22.3 Å². The molecule has 386 valence electrons. The smallest absolute Gasteiger partial charge is 0.317 e. The minimum Gasteiger partial charge on any atom is -0.507 e. The second kappa shape index (κ2) is 21.3. The molecule has 15 atom stereocenters. The number of phenols is 1. The van der Waals surface area contributed by atoms with Crippen LogP contribution in [0.1, 0.15) is 65.2 Å². The highest BCUT2D eigenvalue weighted by molar-refractivity contribution is 5.69. The Morgan fingerprint density at radius 2 is 1.21 bits per heavy atom.